The van der Waals surface area contributed by atoms with Crippen LogP contribution in [0.2, 0.25) is 0 Å². The Kier molecular flexibility index (Phi) is 5.99. The molecule has 10 heteroatoms. The van der Waals surface area contributed by atoms with Gasteiger partial charge in [0.15, 0.2) is 17.2 Å². The largest absolute Gasteiger partial charge is 0.493 e. The predicted molar refractivity (Wildman–Crippen MR) is 117 cm³/mol. The number of aromatic nitrogens is 4. The van der Waals surface area contributed by atoms with Crippen molar-refractivity contribution in [3.05, 3.63) is 52.9 Å². The molecule has 160 valence electrons. The molecule has 0 aliphatic heterocycles. The number of tetrazole rings is 1. The lowest BCUT2D eigenvalue weighted by Crippen LogP contribution is -2.14. The number of carbonyl (C=O) groups is 1. The number of hydrogen-bond donors (Lipinski definition) is 2. The number of carbonyl (C=O) groups excluding carboxylic acids is 1. The average molecular weight is 439 g/mol. The van der Waals surface area contributed by atoms with Gasteiger partial charge in [0.25, 0.3) is 11.9 Å². The molecule has 1 atom stereocenters. The van der Waals surface area contributed by atoms with E-state index in [1.165, 1.54) is 11.3 Å². The van der Waals surface area contributed by atoms with Crippen LogP contribution in [-0.4, -0.2) is 47.4 Å². The first kappa shape index (κ1) is 20.6. The molecule has 0 bridgehead atoms. The van der Waals surface area contributed by atoms with Crippen LogP contribution in [-0.2, 0) is 0 Å². The Morgan fingerprint density at radius 2 is 1.90 bits per heavy atom. The lowest BCUT2D eigenvalue weighted by atomic mass is 10.0. The molecule has 2 heterocycles. The number of nitrogens with one attached hydrogen (secondary N) is 2. The fourth-order valence-corrected chi connectivity index (χ4v) is 4.21. The Labute approximate surface area is 182 Å². The first-order valence-corrected chi connectivity index (χ1v) is 10.3. The van der Waals surface area contributed by atoms with E-state index in [0.717, 1.165) is 15.6 Å². The maximum Gasteiger partial charge on any atom is 0.272 e. The Morgan fingerprint density at radius 3 is 2.58 bits per heavy atom. The van der Waals surface area contributed by atoms with Gasteiger partial charge in [0.1, 0.15) is 4.88 Å². The summed E-state index contributed by atoms with van der Waals surface area (Å²) in [4.78, 5) is 13.4. The van der Waals surface area contributed by atoms with Crippen LogP contribution >= 0.6 is 11.3 Å². The fourth-order valence-electron chi connectivity index (χ4n) is 3.15. The van der Waals surface area contributed by atoms with Crippen molar-refractivity contribution >= 4 is 33.3 Å². The highest BCUT2D eigenvalue weighted by atomic mass is 32.1. The number of nitrogens with zero attached hydrogens (tertiary/aromatic N) is 3. The van der Waals surface area contributed by atoms with Gasteiger partial charge in [-0.05, 0) is 16.8 Å². The normalized spacial score (nSPS) is 11.8. The molecule has 0 saturated carbocycles. The van der Waals surface area contributed by atoms with Crippen molar-refractivity contribution in [3.8, 4) is 17.2 Å². The minimum absolute atomic E-state index is 0.0845. The number of aromatic amines is 1. The van der Waals surface area contributed by atoms with Crippen LogP contribution in [0.4, 0.5) is 5.95 Å². The smallest absolute Gasteiger partial charge is 0.272 e. The van der Waals surface area contributed by atoms with E-state index in [1.54, 1.807) is 14.2 Å². The molecule has 4 aromatic rings. The molecule has 2 aromatic carbocycles. The van der Waals surface area contributed by atoms with Crippen molar-refractivity contribution in [1.29, 1.82) is 0 Å². The highest BCUT2D eigenvalue weighted by molar-refractivity contribution is 7.21. The Morgan fingerprint density at radius 1 is 1.16 bits per heavy atom. The highest BCUT2D eigenvalue weighted by Crippen LogP contribution is 2.44. The van der Waals surface area contributed by atoms with E-state index in [4.69, 9.17) is 14.2 Å². The second-order valence-corrected chi connectivity index (χ2v) is 7.83. The summed E-state index contributed by atoms with van der Waals surface area (Å²) >= 11 is 1.29. The van der Waals surface area contributed by atoms with Crippen molar-refractivity contribution in [2.75, 3.05) is 26.1 Å². The second-order valence-electron chi connectivity index (χ2n) is 6.78. The summed E-state index contributed by atoms with van der Waals surface area (Å²) in [5, 5.41) is 16.7. The van der Waals surface area contributed by atoms with E-state index in [9.17, 15) is 4.79 Å². The first-order chi connectivity index (χ1) is 15.1. The lowest BCUT2D eigenvalue weighted by molar-refractivity contribution is 0.102. The molecule has 0 spiro atoms. The molecule has 2 N–H and O–H groups in total. The molecule has 9 nitrogen and oxygen atoms in total. The van der Waals surface area contributed by atoms with E-state index in [0.29, 0.717) is 28.7 Å². The summed E-state index contributed by atoms with van der Waals surface area (Å²) in [5.74, 6) is 1.43. The average Bonchev–Trinajstić information content (AvgIpc) is 3.44. The maximum atomic E-state index is 13.0. The molecule has 4 rings (SSSR count). The van der Waals surface area contributed by atoms with Gasteiger partial charge in [-0.15, -0.1) is 16.4 Å². The number of amides is 1. The Bertz CT molecular complexity index is 1180. The molecule has 0 radical (unpaired) electrons. The van der Waals surface area contributed by atoms with E-state index < -0.39 is 0 Å². The van der Waals surface area contributed by atoms with Crippen LogP contribution in [0.5, 0.6) is 17.2 Å². The summed E-state index contributed by atoms with van der Waals surface area (Å²) in [6, 6.07) is 13.7. The SMILES string of the molecule is COc1cc2sc(C(=O)Nc3nn[nH]n3)c(OC[C@H](C)c3ccccc3)c2cc1OC. The molecule has 0 fully saturated rings. The number of anilines is 1. The Balaban J connectivity index is 1.71. The molecular formula is C21H21N5O4S. The summed E-state index contributed by atoms with van der Waals surface area (Å²) in [7, 11) is 3.14. The van der Waals surface area contributed by atoms with Crippen molar-refractivity contribution < 1.29 is 19.0 Å². The van der Waals surface area contributed by atoms with E-state index >= 15 is 0 Å². The highest BCUT2D eigenvalue weighted by Gasteiger charge is 2.24. The van der Waals surface area contributed by atoms with E-state index in [2.05, 4.69) is 45.0 Å². The lowest BCUT2D eigenvalue weighted by Gasteiger charge is -2.14. The third-order valence-electron chi connectivity index (χ3n) is 4.77. The van der Waals surface area contributed by atoms with Crippen LogP contribution in [0.1, 0.15) is 28.1 Å². The number of benzene rings is 2. The van der Waals surface area contributed by atoms with Gasteiger partial charge in [-0.25, -0.2) is 0 Å². The maximum absolute atomic E-state index is 13.0. The van der Waals surface area contributed by atoms with Gasteiger partial charge in [0.2, 0.25) is 0 Å². The number of thiophene rings is 1. The summed E-state index contributed by atoms with van der Waals surface area (Å²) in [6.07, 6.45) is 0. The third-order valence-corrected chi connectivity index (χ3v) is 5.90. The monoisotopic (exact) mass is 439 g/mol. The van der Waals surface area contributed by atoms with Gasteiger partial charge in [0, 0.05) is 22.1 Å². The number of hydrogen-bond acceptors (Lipinski definition) is 8. The van der Waals surface area contributed by atoms with Crippen molar-refractivity contribution in [1.82, 2.24) is 20.6 Å². The van der Waals surface area contributed by atoms with Gasteiger partial charge >= 0.3 is 0 Å². The minimum atomic E-state index is -0.386. The van der Waals surface area contributed by atoms with Crippen LogP contribution in [0.25, 0.3) is 10.1 Å². The zero-order chi connectivity index (χ0) is 21.8. The topological polar surface area (TPSA) is 111 Å². The molecule has 0 saturated heterocycles. The van der Waals surface area contributed by atoms with Gasteiger partial charge in [-0.1, -0.05) is 42.4 Å². The fraction of sp³-hybridized carbons (Fsp3) is 0.238. The molecule has 31 heavy (non-hydrogen) atoms. The third kappa shape index (κ3) is 4.29. The summed E-state index contributed by atoms with van der Waals surface area (Å²) in [5.41, 5.74) is 1.15. The van der Waals surface area contributed by atoms with Gasteiger partial charge in [0.05, 0.1) is 20.8 Å². The zero-order valence-corrected chi connectivity index (χ0v) is 18.0. The van der Waals surface area contributed by atoms with Gasteiger partial charge in [-0.2, -0.15) is 5.21 Å². The van der Waals surface area contributed by atoms with Crippen LogP contribution < -0.4 is 19.5 Å². The summed E-state index contributed by atoms with van der Waals surface area (Å²) in [6.45, 7) is 2.47. The second kappa shape index (κ2) is 9.00. The zero-order valence-electron chi connectivity index (χ0n) is 17.2. The number of methoxy groups -OCH3 is 2. The number of rotatable bonds is 8. The van der Waals surface area contributed by atoms with Crippen LogP contribution in [0.15, 0.2) is 42.5 Å². The quantitative estimate of drug-likeness (QED) is 0.429. The summed E-state index contributed by atoms with van der Waals surface area (Å²) < 4.78 is 17.9. The van der Waals surface area contributed by atoms with E-state index in [1.807, 2.05) is 30.3 Å². The van der Waals surface area contributed by atoms with Crippen molar-refractivity contribution in [2.45, 2.75) is 12.8 Å². The standard InChI is InChI=1S/C21H21N5O4S/c1-12(13-7-5-4-6-8-13)11-30-18-14-9-15(28-2)16(29-3)10-17(14)31-19(18)20(27)22-21-23-25-26-24-21/h4-10,12H,11H2,1-3H3,(H2,22,23,24,25,26,27)/t12-/m0/s1. The first-order valence-electron chi connectivity index (χ1n) is 9.51. The Hall–Kier alpha value is -3.66. The molecule has 2 aromatic heterocycles. The number of H-pyrrole nitrogens is 1. The van der Waals surface area contributed by atoms with Gasteiger partial charge < -0.3 is 14.2 Å². The van der Waals surface area contributed by atoms with E-state index in [-0.39, 0.29) is 17.8 Å². The van der Waals surface area contributed by atoms with Crippen LogP contribution in [0.3, 0.4) is 0 Å². The van der Waals surface area contributed by atoms with Crippen LogP contribution in [0, 0.1) is 0 Å². The predicted octanol–water partition coefficient (Wildman–Crippen LogP) is 3.87. The molecular weight excluding hydrogens is 418 g/mol. The molecule has 0 aliphatic carbocycles. The van der Waals surface area contributed by atoms with Crippen molar-refractivity contribution in [3.63, 3.8) is 0 Å². The van der Waals surface area contributed by atoms with Gasteiger partial charge in [-0.3, -0.25) is 10.1 Å². The number of fused-ring (bicyclic) bond motifs is 1. The number of ether oxygens (including phenoxy) is 3. The molecule has 1 amide bonds. The minimum Gasteiger partial charge on any atom is -0.493 e. The molecule has 0 unspecified atom stereocenters. The van der Waals surface area contributed by atoms with Crippen molar-refractivity contribution in [2.24, 2.45) is 0 Å². The molecule has 0 aliphatic rings.